The Labute approximate surface area is 116 Å². The number of aromatic nitrogens is 1. The first-order valence-corrected chi connectivity index (χ1v) is 7.25. The van der Waals surface area contributed by atoms with Gasteiger partial charge in [0.25, 0.3) is 0 Å². The van der Waals surface area contributed by atoms with E-state index in [-0.39, 0.29) is 9.92 Å². The Hall–Kier alpha value is -1.38. The number of nitrogens with zero attached hydrogens (tertiary/aromatic N) is 1. The fourth-order valence-corrected chi connectivity index (χ4v) is 2.82. The van der Waals surface area contributed by atoms with Crippen LogP contribution in [0, 0.1) is 0 Å². The zero-order chi connectivity index (χ0) is 14.6. The molecule has 19 heavy (non-hydrogen) atoms. The fourth-order valence-electron chi connectivity index (χ4n) is 1.32. The third kappa shape index (κ3) is 3.79. The lowest BCUT2D eigenvalue weighted by molar-refractivity contribution is -0.121. The zero-order valence-electron chi connectivity index (χ0n) is 10.7. The number of hydrogen-bond donors (Lipinski definition) is 3. The number of sulfonamides is 1. The quantitative estimate of drug-likeness (QED) is 0.721. The van der Waals surface area contributed by atoms with E-state index in [1.165, 1.54) is 20.0 Å². The highest BCUT2D eigenvalue weighted by Crippen LogP contribution is 2.21. The summed E-state index contributed by atoms with van der Waals surface area (Å²) < 4.78 is 26.2. The van der Waals surface area contributed by atoms with E-state index >= 15 is 0 Å². The fraction of sp³-hybridized carbons (Fsp3) is 0.400. The van der Waals surface area contributed by atoms with Crippen molar-refractivity contribution in [2.75, 3.05) is 19.4 Å². The highest BCUT2D eigenvalue weighted by Gasteiger charge is 2.22. The van der Waals surface area contributed by atoms with Crippen molar-refractivity contribution in [3.05, 3.63) is 17.3 Å². The third-order valence-corrected chi connectivity index (χ3v) is 4.13. The average molecular weight is 307 g/mol. The Kier molecular flexibility index (Phi) is 5.10. The number of anilines is 1. The summed E-state index contributed by atoms with van der Waals surface area (Å²) in [4.78, 5) is 15.1. The lowest BCUT2D eigenvalue weighted by atomic mass is 10.3. The molecular weight excluding hydrogens is 292 g/mol. The maximum atomic E-state index is 12.0. The minimum atomic E-state index is -3.85. The highest BCUT2D eigenvalue weighted by molar-refractivity contribution is 7.89. The predicted octanol–water partition coefficient (Wildman–Crippen LogP) is 0.189. The van der Waals surface area contributed by atoms with Crippen LogP contribution >= 0.6 is 11.6 Å². The molecule has 1 aromatic heterocycles. The SMILES string of the molecule is CNC(=O)C(C)NS(=O)(=O)c1cnc(NC)c(Cl)c1. The van der Waals surface area contributed by atoms with Crippen LogP contribution in [0.2, 0.25) is 5.02 Å². The number of pyridine rings is 1. The van der Waals surface area contributed by atoms with E-state index in [1.54, 1.807) is 7.05 Å². The van der Waals surface area contributed by atoms with Gasteiger partial charge >= 0.3 is 0 Å². The van der Waals surface area contributed by atoms with E-state index in [1.807, 2.05) is 0 Å². The maximum absolute atomic E-state index is 12.0. The summed E-state index contributed by atoms with van der Waals surface area (Å²) in [6.45, 7) is 1.44. The molecular formula is C10H15ClN4O3S. The van der Waals surface area contributed by atoms with Gasteiger partial charge < -0.3 is 10.6 Å². The van der Waals surface area contributed by atoms with Gasteiger partial charge in [-0.1, -0.05) is 11.6 Å². The van der Waals surface area contributed by atoms with Crippen LogP contribution in [0.25, 0.3) is 0 Å². The maximum Gasteiger partial charge on any atom is 0.242 e. The highest BCUT2D eigenvalue weighted by atomic mass is 35.5. The lowest BCUT2D eigenvalue weighted by Crippen LogP contribution is -2.43. The Morgan fingerprint density at radius 1 is 1.42 bits per heavy atom. The van der Waals surface area contributed by atoms with Crippen molar-refractivity contribution >= 4 is 33.3 Å². The number of nitrogens with one attached hydrogen (secondary N) is 3. The topological polar surface area (TPSA) is 100 Å². The van der Waals surface area contributed by atoms with Crippen molar-refractivity contribution in [2.24, 2.45) is 0 Å². The molecule has 1 atom stereocenters. The zero-order valence-corrected chi connectivity index (χ0v) is 12.3. The average Bonchev–Trinajstić information content (AvgIpc) is 2.37. The van der Waals surface area contributed by atoms with E-state index in [4.69, 9.17) is 11.6 Å². The second-order valence-corrected chi connectivity index (χ2v) is 5.83. The monoisotopic (exact) mass is 306 g/mol. The van der Waals surface area contributed by atoms with Gasteiger partial charge in [0.1, 0.15) is 10.7 Å². The molecule has 0 bridgehead atoms. The Morgan fingerprint density at radius 2 is 2.05 bits per heavy atom. The summed E-state index contributed by atoms with van der Waals surface area (Å²) >= 11 is 5.87. The van der Waals surface area contributed by atoms with Gasteiger partial charge in [-0.25, -0.2) is 13.4 Å². The molecule has 0 saturated carbocycles. The molecule has 0 radical (unpaired) electrons. The first kappa shape index (κ1) is 15.7. The Bertz CT molecular complexity index is 576. The van der Waals surface area contributed by atoms with Gasteiger partial charge in [0, 0.05) is 20.3 Å². The van der Waals surface area contributed by atoms with Crippen LogP contribution in [0.15, 0.2) is 17.2 Å². The van der Waals surface area contributed by atoms with Crippen molar-refractivity contribution in [2.45, 2.75) is 17.9 Å². The largest absolute Gasteiger partial charge is 0.372 e. The molecule has 1 heterocycles. The number of halogens is 1. The van der Waals surface area contributed by atoms with Gasteiger partial charge in [-0.2, -0.15) is 4.72 Å². The van der Waals surface area contributed by atoms with Gasteiger partial charge in [0.2, 0.25) is 15.9 Å². The summed E-state index contributed by atoms with van der Waals surface area (Å²) in [5.41, 5.74) is 0. The minimum Gasteiger partial charge on any atom is -0.372 e. The summed E-state index contributed by atoms with van der Waals surface area (Å²) in [7, 11) is -0.804. The molecule has 0 saturated heterocycles. The van der Waals surface area contributed by atoms with E-state index in [9.17, 15) is 13.2 Å². The molecule has 0 fully saturated rings. The first-order valence-electron chi connectivity index (χ1n) is 5.39. The van der Waals surface area contributed by atoms with Crippen LogP contribution in [-0.2, 0) is 14.8 Å². The van der Waals surface area contributed by atoms with Gasteiger partial charge in [-0.3, -0.25) is 4.79 Å². The molecule has 0 aromatic carbocycles. The molecule has 0 aliphatic rings. The molecule has 3 N–H and O–H groups in total. The molecule has 0 aliphatic carbocycles. The van der Waals surface area contributed by atoms with Crippen LogP contribution in [0.5, 0.6) is 0 Å². The van der Waals surface area contributed by atoms with Crippen LogP contribution < -0.4 is 15.4 Å². The molecule has 1 rings (SSSR count). The molecule has 1 aromatic rings. The normalized spacial score (nSPS) is 12.8. The number of carbonyl (C=O) groups excluding carboxylic acids is 1. The summed E-state index contributed by atoms with van der Waals surface area (Å²) in [5.74, 6) is -0.0607. The van der Waals surface area contributed by atoms with Crippen LogP contribution in [-0.4, -0.2) is 39.4 Å². The van der Waals surface area contributed by atoms with Crippen LogP contribution in [0.3, 0.4) is 0 Å². The van der Waals surface area contributed by atoms with Crippen molar-refractivity contribution < 1.29 is 13.2 Å². The van der Waals surface area contributed by atoms with E-state index < -0.39 is 22.0 Å². The van der Waals surface area contributed by atoms with E-state index in [0.29, 0.717) is 5.82 Å². The van der Waals surface area contributed by atoms with Gasteiger partial charge in [0.05, 0.1) is 11.1 Å². The second-order valence-electron chi connectivity index (χ2n) is 3.71. The second kappa shape index (κ2) is 6.18. The number of hydrogen-bond acceptors (Lipinski definition) is 5. The standard InChI is InChI=1S/C10H15ClN4O3S/c1-6(10(16)13-3)15-19(17,18)7-4-8(11)9(12-2)14-5-7/h4-6,15H,1-3H3,(H,12,14)(H,13,16). The number of carbonyl (C=O) groups is 1. The van der Waals surface area contributed by atoms with E-state index in [0.717, 1.165) is 6.20 Å². The molecule has 1 amide bonds. The van der Waals surface area contributed by atoms with Crippen LogP contribution in [0.1, 0.15) is 6.92 Å². The number of rotatable bonds is 5. The lowest BCUT2D eigenvalue weighted by Gasteiger charge is -2.13. The molecule has 7 nitrogen and oxygen atoms in total. The first-order chi connectivity index (χ1) is 8.81. The number of amides is 1. The smallest absolute Gasteiger partial charge is 0.242 e. The molecule has 9 heteroatoms. The summed E-state index contributed by atoms with van der Waals surface area (Å²) in [6.07, 6.45) is 1.16. The molecule has 1 unspecified atom stereocenters. The van der Waals surface area contributed by atoms with Crippen LogP contribution in [0.4, 0.5) is 5.82 Å². The molecule has 106 valence electrons. The molecule has 0 aliphatic heterocycles. The van der Waals surface area contributed by atoms with Gasteiger partial charge in [0.15, 0.2) is 0 Å². The summed E-state index contributed by atoms with van der Waals surface area (Å²) in [6, 6.07) is 0.372. The van der Waals surface area contributed by atoms with Crippen molar-refractivity contribution in [1.82, 2.24) is 15.0 Å². The van der Waals surface area contributed by atoms with Crippen molar-refractivity contribution in [3.63, 3.8) is 0 Å². The minimum absolute atomic E-state index is 0.104. The number of likely N-dealkylation sites (N-methyl/N-ethyl adjacent to an activating group) is 1. The third-order valence-electron chi connectivity index (χ3n) is 2.33. The Morgan fingerprint density at radius 3 is 2.53 bits per heavy atom. The van der Waals surface area contributed by atoms with Crippen molar-refractivity contribution in [3.8, 4) is 0 Å². The predicted molar refractivity (Wildman–Crippen MR) is 72.6 cm³/mol. The van der Waals surface area contributed by atoms with Gasteiger partial charge in [-0.05, 0) is 13.0 Å². The van der Waals surface area contributed by atoms with Gasteiger partial charge in [-0.15, -0.1) is 0 Å². The molecule has 0 spiro atoms. The Balaban J connectivity index is 3.01. The summed E-state index contributed by atoms with van der Waals surface area (Å²) in [5, 5.41) is 5.25. The van der Waals surface area contributed by atoms with E-state index in [2.05, 4.69) is 20.3 Å². The van der Waals surface area contributed by atoms with Crippen molar-refractivity contribution in [1.29, 1.82) is 0 Å².